The molecule has 4 heteroatoms. The molecular formula is C16H28N2O2. The molecule has 2 heterocycles. The van der Waals surface area contributed by atoms with Gasteiger partial charge in [-0.15, -0.1) is 0 Å². The highest BCUT2D eigenvalue weighted by molar-refractivity contribution is 5.76. The molecule has 0 aromatic heterocycles. The number of carbonyl (C=O) groups excluding carboxylic acids is 1. The van der Waals surface area contributed by atoms with Gasteiger partial charge in [0, 0.05) is 38.2 Å². The Morgan fingerprint density at radius 1 is 1.20 bits per heavy atom. The van der Waals surface area contributed by atoms with Crippen molar-refractivity contribution >= 4 is 5.91 Å². The second-order valence-electron chi connectivity index (χ2n) is 6.89. The van der Waals surface area contributed by atoms with Crippen LogP contribution in [-0.2, 0) is 9.53 Å². The monoisotopic (exact) mass is 280 g/mol. The quantitative estimate of drug-likeness (QED) is 0.837. The molecule has 1 saturated carbocycles. The fourth-order valence-electron chi connectivity index (χ4n) is 4.15. The molecule has 0 radical (unpaired) electrons. The summed E-state index contributed by atoms with van der Waals surface area (Å²) in [5, 5.41) is 3.64. The van der Waals surface area contributed by atoms with Crippen LogP contribution in [-0.4, -0.2) is 48.7 Å². The molecule has 0 aromatic carbocycles. The maximum Gasteiger partial charge on any atom is 0.222 e. The first-order chi connectivity index (χ1) is 9.65. The number of carbonyl (C=O) groups is 1. The van der Waals surface area contributed by atoms with Gasteiger partial charge in [0.05, 0.1) is 6.10 Å². The summed E-state index contributed by atoms with van der Waals surface area (Å²) in [7, 11) is 2.01. The zero-order valence-electron chi connectivity index (χ0n) is 12.8. The number of amides is 1. The van der Waals surface area contributed by atoms with Gasteiger partial charge in [-0.1, -0.05) is 0 Å². The molecule has 3 rings (SSSR count). The zero-order chi connectivity index (χ0) is 14.1. The maximum absolute atomic E-state index is 12.4. The lowest BCUT2D eigenvalue weighted by molar-refractivity contribution is -0.136. The number of ether oxygens (including phenoxy) is 1. The summed E-state index contributed by atoms with van der Waals surface area (Å²) in [6.07, 6.45) is 8.16. The molecule has 2 bridgehead atoms. The van der Waals surface area contributed by atoms with Crippen LogP contribution in [0, 0.1) is 5.92 Å². The van der Waals surface area contributed by atoms with E-state index >= 15 is 0 Å². The zero-order valence-corrected chi connectivity index (χ0v) is 12.8. The maximum atomic E-state index is 12.4. The van der Waals surface area contributed by atoms with Crippen molar-refractivity contribution < 1.29 is 9.53 Å². The normalized spacial score (nSPS) is 39.4. The predicted molar refractivity (Wildman–Crippen MR) is 78.5 cm³/mol. The van der Waals surface area contributed by atoms with Gasteiger partial charge in [0.2, 0.25) is 5.91 Å². The van der Waals surface area contributed by atoms with Crippen molar-refractivity contribution in [2.75, 3.05) is 13.7 Å². The van der Waals surface area contributed by atoms with Crippen LogP contribution < -0.4 is 5.32 Å². The standard InChI is InChI=1S/C16H28N2O2/c1-3-20-15-6-11(7-15)8-16(19)18(2)14-9-12-4-5-13(10-14)17-12/h11-15,17H,3-10H2,1-2H3. The molecular weight excluding hydrogens is 252 g/mol. The predicted octanol–water partition coefficient (Wildman–Crippen LogP) is 1.93. The first-order valence-electron chi connectivity index (χ1n) is 8.29. The van der Waals surface area contributed by atoms with Crippen LogP contribution in [0.25, 0.3) is 0 Å². The van der Waals surface area contributed by atoms with Gasteiger partial charge in [-0.3, -0.25) is 4.79 Å². The summed E-state index contributed by atoms with van der Waals surface area (Å²) in [6, 6.07) is 1.77. The molecule has 20 heavy (non-hydrogen) atoms. The van der Waals surface area contributed by atoms with E-state index in [0.717, 1.165) is 38.7 Å². The fourth-order valence-corrected chi connectivity index (χ4v) is 4.15. The molecule has 0 aromatic rings. The van der Waals surface area contributed by atoms with Crippen LogP contribution in [0.5, 0.6) is 0 Å². The van der Waals surface area contributed by atoms with E-state index in [1.165, 1.54) is 12.8 Å². The van der Waals surface area contributed by atoms with Crippen LogP contribution in [0.4, 0.5) is 0 Å². The SMILES string of the molecule is CCOC1CC(CC(=O)N(C)C2CC3CCC(C2)N3)C1. The van der Waals surface area contributed by atoms with Crippen molar-refractivity contribution in [1.82, 2.24) is 10.2 Å². The average molecular weight is 280 g/mol. The van der Waals surface area contributed by atoms with E-state index in [4.69, 9.17) is 4.74 Å². The van der Waals surface area contributed by atoms with Crippen LogP contribution in [0.15, 0.2) is 0 Å². The molecule has 1 amide bonds. The second kappa shape index (κ2) is 6.02. The van der Waals surface area contributed by atoms with E-state index in [2.05, 4.69) is 5.32 Å². The van der Waals surface area contributed by atoms with Crippen molar-refractivity contribution in [2.24, 2.45) is 5.92 Å². The van der Waals surface area contributed by atoms with E-state index < -0.39 is 0 Å². The molecule has 3 aliphatic rings. The third kappa shape index (κ3) is 3.01. The highest BCUT2D eigenvalue weighted by atomic mass is 16.5. The van der Waals surface area contributed by atoms with Crippen molar-refractivity contribution in [1.29, 1.82) is 0 Å². The van der Waals surface area contributed by atoms with Gasteiger partial charge in [0.15, 0.2) is 0 Å². The second-order valence-corrected chi connectivity index (χ2v) is 6.89. The van der Waals surface area contributed by atoms with Gasteiger partial charge in [0.1, 0.15) is 0 Å². The number of rotatable bonds is 5. The minimum absolute atomic E-state index is 0.344. The number of nitrogens with one attached hydrogen (secondary N) is 1. The average Bonchev–Trinajstić information content (AvgIpc) is 2.74. The molecule has 0 spiro atoms. The first kappa shape index (κ1) is 14.3. The molecule has 2 unspecified atom stereocenters. The Morgan fingerprint density at radius 3 is 2.45 bits per heavy atom. The third-order valence-corrected chi connectivity index (χ3v) is 5.45. The van der Waals surface area contributed by atoms with Crippen LogP contribution in [0.2, 0.25) is 0 Å². The number of hydrogen-bond acceptors (Lipinski definition) is 3. The molecule has 3 fully saturated rings. The lowest BCUT2D eigenvalue weighted by atomic mass is 9.79. The summed E-state index contributed by atoms with van der Waals surface area (Å²) < 4.78 is 5.57. The molecule has 2 aliphatic heterocycles. The summed E-state index contributed by atoms with van der Waals surface area (Å²) in [4.78, 5) is 14.5. The number of fused-ring (bicyclic) bond motifs is 2. The van der Waals surface area contributed by atoms with Crippen molar-refractivity contribution in [3.8, 4) is 0 Å². The lowest BCUT2D eigenvalue weighted by Gasteiger charge is -2.38. The largest absolute Gasteiger partial charge is 0.378 e. The number of piperidine rings is 1. The Labute approximate surface area is 122 Å². The van der Waals surface area contributed by atoms with E-state index in [9.17, 15) is 4.79 Å². The topological polar surface area (TPSA) is 41.6 Å². The Bertz CT molecular complexity index is 342. The summed E-state index contributed by atoms with van der Waals surface area (Å²) in [5.41, 5.74) is 0. The van der Waals surface area contributed by atoms with Crippen LogP contribution in [0.1, 0.15) is 51.9 Å². The van der Waals surface area contributed by atoms with Gasteiger partial charge >= 0.3 is 0 Å². The van der Waals surface area contributed by atoms with Crippen molar-refractivity contribution in [3.63, 3.8) is 0 Å². The molecule has 2 atom stereocenters. The Kier molecular flexibility index (Phi) is 4.32. The summed E-state index contributed by atoms with van der Waals surface area (Å²) in [5.74, 6) is 0.899. The van der Waals surface area contributed by atoms with E-state index in [1.54, 1.807) is 0 Å². The smallest absolute Gasteiger partial charge is 0.222 e. The van der Waals surface area contributed by atoms with Gasteiger partial charge < -0.3 is 15.0 Å². The Morgan fingerprint density at radius 2 is 1.85 bits per heavy atom. The van der Waals surface area contributed by atoms with Crippen molar-refractivity contribution in [2.45, 2.75) is 76.1 Å². The number of hydrogen-bond donors (Lipinski definition) is 1. The molecule has 2 saturated heterocycles. The number of nitrogens with zero attached hydrogens (tertiary/aromatic N) is 1. The molecule has 1 N–H and O–H groups in total. The van der Waals surface area contributed by atoms with E-state index in [1.807, 2.05) is 18.9 Å². The van der Waals surface area contributed by atoms with E-state index in [0.29, 0.717) is 36.1 Å². The van der Waals surface area contributed by atoms with Crippen LogP contribution in [0.3, 0.4) is 0 Å². The highest BCUT2D eigenvalue weighted by Crippen LogP contribution is 2.34. The van der Waals surface area contributed by atoms with Gasteiger partial charge in [0.25, 0.3) is 0 Å². The molecule has 1 aliphatic carbocycles. The van der Waals surface area contributed by atoms with Gasteiger partial charge in [-0.25, -0.2) is 0 Å². The first-order valence-corrected chi connectivity index (χ1v) is 8.29. The lowest BCUT2D eigenvalue weighted by Crippen LogP contribution is -2.49. The summed E-state index contributed by atoms with van der Waals surface area (Å²) in [6.45, 7) is 2.83. The minimum atomic E-state index is 0.344. The van der Waals surface area contributed by atoms with E-state index in [-0.39, 0.29) is 0 Å². The minimum Gasteiger partial charge on any atom is -0.378 e. The Hall–Kier alpha value is -0.610. The third-order valence-electron chi connectivity index (χ3n) is 5.45. The van der Waals surface area contributed by atoms with Crippen LogP contribution >= 0.6 is 0 Å². The van der Waals surface area contributed by atoms with Crippen molar-refractivity contribution in [3.05, 3.63) is 0 Å². The van der Waals surface area contributed by atoms with Gasteiger partial charge in [-0.05, 0) is 51.4 Å². The van der Waals surface area contributed by atoms with Gasteiger partial charge in [-0.2, -0.15) is 0 Å². The summed E-state index contributed by atoms with van der Waals surface area (Å²) >= 11 is 0. The Balaban J connectivity index is 1.43. The highest BCUT2D eigenvalue weighted by Gasteiger charge is 2.38. The fraction of sp³-hybridized carbons (Fsp3) is 0.938. The molecule has 4 nitrogen and oxygen atoms in total. The molecule has 114 valence electrons.